The Labute approximate surface area is 77.4 Å². The van der Waals surface area contributed by atoms with E-state index in [0.29, 0.717) is 0 Å². The largest absolute Gasteiger partial charge is 0.332 e. The monoisotopic (exact) mass is 185 g/mol. The molecule has 2 N–H and O–H groups in total. The van der Waals surface area contributed by atoms with Gasteiger partial charge in [0.1, 0.15) is 0 Å². The van der Waals surface area contributed by atoms with Gasteiger partial charge in [0.2, 0.25) is 0 Å². The molecule has 1 heterocycles. The molecule has 0 saturated carbocycles. The second-order valence-electron chi connectivity index (χ2n) is 2.79. The van der Waals surface area contributed by atoms with Gasteiger partial charge in [-0.2, -0.15) is 11.8 Å². The van der Waals surface area contributed by atoms with E-state index in [2.05, 4.69) is 15.8 Å². The lowest BCUT2D eigenvalue weighted by Crippen LogP contribution is -2.12. The molecule has 1 atom stereocenters. The third-order valence-corrected chi connectivity index (χ3v) is 2.34. The summed E-state index contributed by atoms with van der Waals surface area (Å²) >= 11 is 1.83. The fourth-order valence-electron chi connectivity index (χ4n) is 1.09. The highest BCUT2D eigenvalue weighted by Crippen LogP contribution is 2.09. The second kappa shape index (κ2) is 4.52. The third-order valence-electron chi connectivity index (χ3n) is 1.75. The van der Waals surface area contributed by atoms with Gasteiger partial charge in [-0.15, -0.1) is 0 Å². The number of imidazole rings is 1. The van der Waals surface area contributed by atoms with Crippen LogP contribution in [-0.2, 0) is 6.54 Å². The van der Waals surface area contributed by atoms with Crippen LogP contribution >= 0.6 is 11.8 Å². The highest BCUT2D eigenvalue weighted by atomic mass is 32.2. The lowest BCUT2D eigenvalue weighted by Gasteiger charge is -2.09. The first-order valence-corrected chi connectivity index (χ1v) is 5.39. The van der Waals surface area contributed by atoms with Gasteiger partial charge >= 0.3 is 0 Å². The summed E-state index contributed by atoms with van der Waals surface area (Å²) in [5, 5.41) is 0. The summed E-state index contributed by atoms with van der Waals surface area (Å²) in [5.41, 5.74) is 6.88. The Morgan fingerprint density at radius 2 is 2.50 bits per heavy atom. The maximum atomic E-state index is 5.76. The van der Waals surface area contributed by atoms with Crippen molar-refractivity contribution < 1.29 is 0 Å². The van der Waals surface area contributed by atoms with E-state index in [1.165, 1.54) is 0 Å². The molecular formula is C8H15N3S. The summed E-state index contributed by atoms with van der Waals surface area (Å²) in [6.45, 7) is 2.98. The second-order valence-corrected chi connectivity index (χ2v) is 3.78. The number of hydrogen-bond acceptors (Lipinski definition) is 3. The van der Waals surface area contributed by atoms with Gasteiger partial charge in [0, 0.05) is 24.5 Å². The summed E-state index contributed by atoms with van der Waals surface area (Å²) in [5.74, 6) is 1.11. The standard InChI is InChI=1S/C8H15N3S/c1-7(9)8-5-10-6-11(8)3-4-12-2/h5-7H,3-4,9H2,1-2H3. The number of nitrogens with two attached hydrogens (primary N) is 1. The number of aryl methyl sites for hydroxylation is 1. The molecule has 0 radical (unpaired) electrons. The van der Waals surface area contributed by atoms with Crippen molar-refractivity contribution >= 4 is 11.8 Å². The van der Waals surface area contributed by atoms with Gasteiger partial charge in [-0.25, -0.2) is 4.98 Å². The first-order chi connectivity index (χ1) is 5.75. The molecule has 0 aliphatic heterocycles. The van der Waals surface area contributed by atoms with E-state index < -0.39 is 0 Å². The van der Waals surface area contributed by atoms with Crippen molar-refractivity contribution in [1.29, 1.82) is 0 Å². The Morgan fingerprint density at radius 3 is 3.08 bits per heavy atom. The maximum absolute atomic E-state index is 5.76. The predicted molar refractivity (Wildman–Crippen MR) is 53.2 cm³/mol. The molecule has 0 aliphatic rings. The first kappa shape index (κ1) is 9.61. The van der Waals surface area contributed by atoms with E-state index in [4.69, 9.17) is 5.73 Å². The molecule has 1 aromatic rings. The minimum Gasteiger partial charge on any atom is -0.332 e. The average molecular weight is 185 g/mol. The van der Waals surface area contributed by atoms with Crippen LogP contribution in [0, 0.1) is 0 Å². The molecule has 4 heteroatoms. The van der Waals surface area contributed by atoms with Gasteiger partial charge in [-0.3, -0.25) is 0 Å². The molecule has 1 rings (SSSR count). The molecule has 0 saturated heterocycles. The molecule has 68 valence electrons. The normalized spacial score (nSPS) is 13.2. The summed E-state index contributed by atoms with van der Waals surface area (Å²) in [6.07, 6.45) is 5.78. The third kappa shape index (κ3) is 2.25. The molecule has 1 unspecified atom stereocenters. The van der Waals surface area contributed by atoms with E-state index >= 15 is 0 Å². The van der Waals surface area contributed by atoms with Crippen LogP contribution < -0.4 is 5.73 Å². The van der Waals surface area contributed by atoms with Crippen molar-refractivity contribution in [2.45, 2.75) is 19.5 Å². The molecule has 0 bridgehead atoms. The van der Waals surface area contributed by atoms with E-state index in [9.17, 15) is 0 Å². The smallest absolute Gasteiger partial charge is 0.0948 e. The molecule has 1 aromatic heterocycles. The lowest BCUT2D eigenvalue weighted by atomic mass is 10.3. The molecule has 12 heavy (non-hydrogen) atoms. The number of rotatable bonds is 4. The van der Waals surface area contributed by atoms with Gasteiger partial charge < -0.3 is 10.3 Å². The molecule has 0 spiro atoms. The number of thioether (sulfide) groups is 1. The van der Waals surface area contributed by atoms with Gasteiger partial charge in [0.15, 0.2) is 0 Å². The molecule has 0 amide bonds. The molecule has 0 aromatic carbocycles. The van der Waals surface area contributed by atoms with Crippen molar-refractivity contribution in [3.63, 3.8) is 0 Å². The Hall–Kier alpha value is -0.480. The Bertz CT molecular complexity index is 232. The zero-order chi connectivity index (χ0) is 8.97. The van der Waals surface area contributed by atoms with E-state index in [-0.39, 0.29) is 6.04 Å². The fourth-order valence-corrected chi connectivity index (χ4v) is 1.47. The van der Waals surface area contributed by atoms with Crippen LogP contribution in [0.3, 0.4) is 0 Å². The minimum atomic E-state index is 0.0781. The molecule has 0 fully saturated rings. The van der Waals surface area contributed by atoms with Gasteiger partial charge in [-0.05, 0) is 13.2 Å². The number of aromatic nitrogens is 2. The molecule has 3 nitrogen and oxygen atoms in total. The van der Waals surface area contributed by atoms with Crippen LogP contribution in [0.25, 0.3) is 0 Å². The predicted octanol–water partition coefficient (Wildman–Crippen LogP) is 1.27. The zero-order valence-corrected chi connectivity index (χ0v) is 8.34. The Morgan fingerprint density at radius 1 is 1.75 bits per heavy atom. The van der Waals surface area contributed by atoms with Crippen LogP contribution in [-0.4, -0.2) is 21.6 Å². The lowest BCUT2D eigenvalue weighted by molar-refractivity contribution is 0.662. The quantitative estimate of drug-likeness (QED) is 0.768. The summed E-state index contributed by atoms with van der Waals surface area (Å²) in [7, 11) is 0. The van der Waals surface area contributed by atoms with Gasteiger partial charge in [-0.1, -0.05) is 0 Å². The van der Waals surface area contributed by atoms with Crippen molar-refractivity contribution in [2.24, 2.45) is 5.73 Å². The summed E-state index contributed by atoms with van der Waals surface area (Å²) in [6, 6.07) is 0.0781. The number of nitrogens with zero attached hydrogens (tertiary/aromatic N) is 2. The maximum Gasteiger partial charge on any atom is 0.0948 e. The van der Waals surface area contributed by atoms with Gasteiger partial charge in [0.05, 0.1) is 12.0 Å². The van der Waals surface area contributed by atoms with Gasteiger partial charge in [0.25, 0.3) is 0 Å². The Kier molecular flexibility index (Phi) is 3.62. The highest BCUT2D eigenvalue weighted by Gasteiger charge is 2.04. The van der Waals surface area contributed by atoms with Crippen molar-refractivity contribution in [2.75, 3.05) is 12.0 Å². The van der Waals surface area contributed by atoms with Crippen LogP contribution in [0.1, 0.15) is 18.7 Å². The van der Waals surface area contributed by atoms with Crippen LogP contribution in [0.4, 0.5) is 0 Å². The fraction of sp³-hybridized carbons (Fsp3) is 0.625. The average Bonchev–Trinajstić information content (AvgIpc) is 2.48. The SMILES string of the molecule is CSCCn1cncc1C(C)N. The van der Waals surface area contributed by atoms with Crippen molar-refractivity contribution in [3.05, 3.63) is 18.2 Å². The minimum absolute atomic E-state index is 0.0781. The molecular weight excluding hydrogens is 170 g/mol. The van der Waals surface area contributed by atoms with Crippen LogP contribution in [0.5, 0.6) is 0 Å². The first-order valence-electron chi connectivity index (χ1n) is 4.00. The zero-order valence-electron chi connectivity index (χ0n) is 7.53. The van der Waals surface area contributed by atoms with Crippen LogP contribution in [0.15, 0.2) is 12.5 Å². The van der Waals surface area contributed by atoms with E-state index in [1.54, 1.807) is 0 Å². The van der Waals surface area contributed by atoms with Crippen molar-refractivity contribution in [3.8, 4) is 0 Å². The number of hydrogen-bond donors (Lipinski definition) is 1. The van der Waals surface area contributed by atoms with E-state index in [0.717, 1.165) is 18.0 Å². The Balaban J connectivity index is 2.64. The van der Waals surface area contributed by atoms with Crippen molar-refractivity contribution in [1.82, 2.24) is 9.55 Å². The topological polar surface area (TPSA) is 43.8 Å². The summed E-state index contributed by atoms with van der Waals surface area (Å²) < 4.78 is 2.11. The van der Waals surface area contributed by atoms with Crippen LogP contribution in [0.2, 0.25) is 0 Å². The van der Waals surface area contributed by atoms with E-state index in [1.807, 2.05) is 31.2 Å². The highest BCUT2D eigenvalue weighted by molar-refractivity contribution is 7.98. The molecule has 0 aliphatic carbocycles. The summed E-state index contributed by atoms with van der Waals surface area (Å²) in [4.78, 5) is 4.07.